The minimum Gasteiger partial charge on any atom is -0.504 e. The monoisotopic (exact) mass is 1010 g/mol. The molecule has 0 aliphatic rings. The van der Waals surface area contributed by atoms with Gasteiger partial charge in [0.1, 0.15) is 24.3 Å². The largest absolute Gasteiger partial charge is 0.504 e. The second kappa shape index (κ2) is 24.7. The number of ether oxygens (including phenoxy) is 3. The Morgan fingerprint density at radius 3 is 1.41 bits per heavy atom. The molecule has 0 bridgehead atoms. The Kier molecular flexibility index (Phi) is 18.8. The minimum atomic E-state index is -0.902. The maximum Gasteiger partial charge on any atom is 0.220 e. The first-order valence-electron chi connectivity index (χ1n) is 23.5. The SMILES string of the molecule is COc1cc2ncnc(Nc3cc(Cl)ccc3CCCNC(=O)CC(CCO)C(C)(C)OC(C)(C)C(CCO)CC(=O)NCCCc3ccc(Cl)cc3Nc3ncnc4cc(OC)c(O)cc34)c2cc1O. The first-order chi connectivity index (χ1) is 33.9. The van der Waals surface area contributed by atoms with Gasteiger partial charge < -0.3 is 55.9 Å². The molecule has 17 nitrogen and oxygen atoms in total. The van der Waals surface area contributed by atoms with E-state index < -0.39 is 11.2 Å². The predicted molar refractivity (Wildman–Crippen MR) is 277 cm³/mol. The smallest absolute Gasteiger partial charge is 0.220 e. The number of carbonyl (C=O) groups is 2. The molecule has 19 heteroatoms. The zero-order valence-corrected chi connectivity index (χ0v) is 42.5. The number of halogens is 2. The first-order valence-corrected chi connectivity index (χ1v) is 24.3. The molecule has 380 valence electrons. The summed E-state index contributed by atoms with van der Waals surface area (Å²) in [7, 11) is 2.94. The Bertz CT molecular complexity index is 2610. The summed E-state index contributed by atoms with van der Waals surface area (Å²) in [5, 5.41) is 56.1. The van der Waals surface area contributed by atoms with Crippen molar-refractivity contribution in [3.63, 3.8) is 0 Å². The Labute approximate surface area is 423 Å². The van der Waals surface area contributed by atoms with E-state index in [2.05, 4.69) is 41.2 Å². The minimum absolute atomic E-state index is 0.0449. The Hall–Kier alpha value is -6.24. The van der Waals surface area contributed by atoms with E-state index in [-0.39, 0.29) is 61.2 Å². The van der Waals surface area contributed by atoms with Crippen LogP contribution >= 0.6 is 23.2 Å². The lowest BCUT2D eigenvalue weighted by Crippen LogP contribution is -2.48. The van der Waals surface area contributed by atoms with E-state index in [0.29, 0.717) is 107 Å². The number of nitrogens with zero attached hydrogens (tertiary/aromatic N) is 4. The summed E-state index contributed by atoms with van der Waals surface area (Å²) >= 11 is 12.8. The van der Waals surface area contributed by atoms with E-state index >= 15 is 0 Å². The van der Waals surface area contributed by atoms with E-state index in [9.17, 15) is 30.0 Å². The number of phenols is 2. The number of phenolic OH excluding ortho intramolecular Hbond substituents is 2. The summed E-state index contributed by atoms with van der Waals surface area (Å²) in [5.74, 6) is 0.333. The molecule has 4 aromatic carbocycles. The van der Waals surface area contributed by atoms with E-state index in [1.807, 2.05) is 39.8 Å². The highest BCUT2D eigenvalue weighted by atomic mass is 35.5. The number of hydrogen-bond donors (Lipinski definition) is 8. The number of aliphatic hydroxyl groups excluding tert-OH is 2. The summed E-state index contributed by atoms with van der Waals surface area (Å²) in [4.78, 5) is 44.4. The van der Waals surface area contributed by atoms with Gasteiger partial charge in [-0.2, -0.15) is 0 Å². The Balaban J connectivity index is 0.998. The number of hydrogen-bond acceptors (Lipinski definition) is 15. The molecule has 0 aliphatic carbocycles. The average Bonchev–Trinajstić information content (AvgIpc) is 3.32. The molecule has 0 fully saturated rings. The first kappa shape index (κ1) is 54.1. The van der Waals surface area contributed by atoms with Crippen molar-refractivity contribution in [2.24, 2.45) is 11.8 Å². The number of aryl methyl sites for hydroxylation is 2. The molecule has 8 N–H and O–H groups in total. The lowest BCUT2D eigenvalue weighted by molar-refractivity contribution is -0.181. The molecule has 2 aromatic heterocycles. The third kappa shape index (κ3) is 14.4. The van der Waals surface area contributed by atoms with Crippen LogP contribution in [0.3, 0.4) is 0 Å². The fourth-order valence-electron chi connectivity index (χ4n) is 8.84. The van der Waals surface area contributed by atoms with Gasteiger partial charge in [0, 0.05) is 83.5 Å². The van der Waals surface area contributed by atoms with Crippen molar-refractivity contribution < 1.29 is 44.2 Å². The average molecular weight is 1020 g/mol. The van der Waals surface area contributed by atoms with E-state index in [4.69, 9.17) is 37.4 Å². The molecule has 2 atom stereocenters. The lowest BCUT2D eigenvalue weighted by Gasteiger charge is -2.44. The van der Waals surface area contributed by atoms with Gasteiger partial charge in [0.05, 0.1) is 36.5 Å². The second-order valence-corrected chi connectivity index (χ2v) is 19.3. The maximum atomic E-state index is 13.5. The molecule has 2 unspecified atom stereocenters. The van der Waals surface area contributed by atoms with E-state index in [1.54, 1.807) is 48.5 Å². The molecule has 0 radical (unpaired) electrons. The topological polar surface area (TPSA) is 242 Å². The van der Waals surface area contributed by atoms with Crippen molar-refractivity contribution >= 4 is 79.8 Å². The number of aliphatic hydroxyl groups is 2. The van der Waals surface area contributed by atoms with Crippen LogP contribution in [0.5, 0.6) is 23.0 Å². The van der Waals surface area contributed by atoms with Gasteiger partial charge in [0.15, 0.2) is 23.0 Å². The van der Waals surface area contributed by atoms with Gasteiger partial charge in [-0.1, -0.05) is 35.3 Å². The van der Waals surface area contributed by atoms with Crippen molar-refractivity contribution in [1.82, 2.24) is 30.6 Å². The number of anilines is 4. The standard InChI is InChI=1S/C52H64Cl2N8O9/c1-51(2,33(15-19-63)21-47(67)55-17-7-9-31-11-13-35(53)23-39(31)61-49-37-25-43(65)45(69-5)27-41(37)57-29-59-49)71-52(3,4)34(16-20-64)22-48(68)56-18-8-10-32-12-14-36(54)24-40(32)62-50-38-26-44(66)46(70-6)28-42(38)58-30-60-50/h11-14,23-30,33-34,63-66H,7-10,15-22H2,1-6H3,(H,55,67)(H,56,68)(H,57,59,61)(H,58,60,62). The normalized spacial score (nSPS) is 12.6. The summed E-state index contributed by atoms with van der Waals surface area (Å²) in [6.45, 7) is 8.03. The Morgan fingerprint density at radius 2 is 1.03 bits per heavy atom. The van der Waals surface area contributed by atoms with Gasteiger partial charge in [-0.3, -0.25) is 9.59 Å². The Morgan fingerprint density at radius 1 is 0.620 bits per heavy atom. The number of carbonyl (C=O) groups excluding carboxylic acids is 2. The van der Waals surface area contributed by atoms with Crippen LogP contribution in [0.4, 0.5) is 23.0 Å². The van der Waals surface area contributed by atoms with Crippen molar-refractivity contribution in [1.29, 1.82) is 0 Å². The van der Waals surface area contributed by atoms with Crippen LogP contribution in [-0.4, -0.2) is 104 Å². The van der Waals surface area contributed by atoms with Gasteiger partial charge in [0.25, 0.3) is 0 Å². The van der Waals surface area contributed by atoms with Crippen molar-refractivity contribution in [3.8, 4) is 23.0 Å². The van der Waals surface area contributed by atoms with Crippen LogP contribution in [0.25, 0.3) is 21.8 Å². The fourth-order valence-corrected chi connectivity index (χ4v) is 9.19. The molecule has 6 rings (SSSR count). The third-order valence-electron chi connectivity index (χ3n) is 12.7. The summed E-state index contributed by atoms with van der Waals surface area (Å²) in [6, 6.07) is 17.4. The predicted octanol–water partition coefficient (Wildman–Crippen LogP) is 8.94. The van der Waals surface area contributed by atoms with Crippen LogP contribution in [0.1, 0.15) is 77.3 Å². The summed E-state index contributed by atoms with van der Waals surface area (Å²) in [6.07, 6.45) is 6.07. The van der Waals surface area contributed by atoms with Gasteiger partial charge in [-0.15, -0.1) is 0 Å². The number of fused-ring (bicyclic) bond motifs is 2. The maximum absolute atomic E-state index is 13.5. The van der Waals surface area contributed by atoms with Crippen LogP contribution < -0.4 is 30.7 Å². The van der Waals surface area contributed by atoms with Gasteiger partial charge in [-0.05, 0) is 126 Å². The molecular formula is C52H64Cl2N8O9. The van der Waals surface area contributed by atoms with Crippen molar-refractivity contribution in [2.45, 2.75) is 90.3 Å². The van der Waals surface area contributed by atoms with E-state index in [0.717, 1.165) is 22.5 Å². The van der Waals surface area contributed by atoms with Crippen LogP contribution in [-0.2, 0) is 27.2 Å². The number of benzene rings is 4. The van der Waals surface area contributed by atoms with Gasteiger partial charge in [0.2, 0.25) is 11.8 Å². The second-order valence-electron chi connectivity index (χ2n) is 18.4. The molecule has 2 heterocycles. The third-order valence-corrected chi connectivity index (χ3v) is 13.2. The molecule has 0 saturated carbocycles. The zero-order chi connectivity index (χ0) is 51.3. The lowest BCUT2D eigenvalue weighted by atomic mass is 9.81. The highest BCUT2D eigenvalue weighted by Gasteiger charge is 2.41. The molecular weight excluding hydrogens is 952 g/mol. The van der Waals surface area contributed by atoms with Crippen molar-refractivity contribution in [2.75, 3.05) is 51.2 Å². The van der Waals surface area contributed by atoms with Crippen molar-refractivity contribution in [3.05, 3.63) is 94.5 Å². The van der Waals surface area contributed by atoms with Gasteiger partial charge >= 0.3 is 0 Å². The molecule has 0 saturated heterocycles. The molecule has 0 aliphatic heterocycles. The van der Waals surface area contributed by atoms with Crippen LogP contribution in [0.2, 0.25) is 10.0 Å². The molecule has 6 aromatic rings. The number of methoxy groups -OCH3 is 2. The molecule has 0 spiro atoms. The highest BCUT2D eigenvalue weighted by molar-refractivity contribution is 6.31. The number of aromatic nitrogens is 4. The number of rotatable bonds is 26. The number of aromatic hydroxyl groups is 2. The highest BCUT2D eigenvalue weighted by Crippen LogP contribution is 2.39. The zero-order valence-electron chi connectivity index (χ0n) is 40.9. The van der Waals surface area contributed by atoms with Crippen LogP contribution in [0.15, 0.2) is 73.3 Å². The molecule has 71 heavy (non-hydrogen) atoms. The summed E-state index contributed by atoms with van der Waals surface area (Å²) in [5.41, 5.74) is 2.68. The number of amides is 2. The fraction of sp³-hybridized carbons (Fsp3) is 0.423. The van der Waals surface area contributed by atoms with E-state index in [1.165, 1.54) is 26.9 Å². The molecule has 2 amide bonds. The quantitative estimate of drug-likeness (QED) is 0.0237. The number of nitrogens with one attached hydrogen (secondary N) is 4. The van der Waals surface area contributed by atoms with Crippen LogP contribution in [0, 0.1) is 11.8 Å². The summed E-state index contributed by atoms with van der Waals surface area (Å²) < 4.78 is 17.3. The van der Waals surface area contributed by atoms with Gasteiger partial charge in [-0.25, -0.2) is 19.9 Å².